The minimum absolute atomic E-state index is 0.000217. The molecule has 1 fully saturated rings. The van der Waals surface area contributed by atoms with Gasteiger partial charge in [-0.15, -0.1) is 0 Å². The van der Waals surface area contributed by atoms with Crippen LogP contribution in [0.2, 0.25) is 0 Å². The highest BCUT2D eigenvalue weighted by molar-refractivity contribution is 5.79. The van der Waals surface area contributed by atoms with Gasteiger partial charge in [-0.1, -0.05) is 64.8 Å². The number of pyridine rings is 1. The van der Waals surface area contributed by atoms with Crippen molar-refractivity contribution in [1.29, 1.82) is 0 Å². The predicted octanol–water partition coefficient (Wildman–Crippen LogP) is 4.95. The fraction of sp³-hybridized carbons (Fsp3) is 0.286. The van der Waals surface area contributed by atoms with Gasteiger partial charge in [-0.2, -0.15) is 4.98 Å². The highest BCUT2D eigenvalue weighted by atomic mass is 16.5. The van der Waals surface area contributed by atoms with Gasteiger partial charge in [0, 0.05) is 37.3 Å². The zero-order valence-corrected chi connectivity index (χ0v) is 20.1. The summed E-state index contributed by atoms with van der Waals surface area (Å²) in [6.45, 7) is 6.15. The molecule has 4 aromatic rings. The number of hydrogen-bond donors (Lipinski definition) is 1. The molecule has 1 aliphatic rings. The molecule has 178 valence electrons. The van der Waals surface area contributed by atoms with Crippen molar-refractivity contribution in [3.8, 4) is 22.8 Å². The van der Waals surface area contributed by atoms with Crippen LogP contribution >= 0.6 is 0 Å². The Kier molecular flexibility index (Phi) is 6.57. The van der Waals surface area contributed by atoms with Crippen LogP contribution in [0.4, 0.5) is 5.82 Å². The summed E-state index contributed by atoms with van der Waals surface area (Å²) in [6.07, 6.45) is 3.32. The molecule has 1 aliphatic heterocycles. The Morgan fingerprint density at radius 1 is 1.03 bits per heavy atom. The lowest BCUT2D eigenvalue weighted by Crippen LogP contribution is -2.40. The van der Waals surface area contributed by atoms with E-state index in [0.29, 0.717) is 18.3 Å². The van der Waals surface area contributed by atoms with Gasteiger partial charge < -0.3 is 14.7 Å². The third-order valence-electron chi connectivity index (χ3n) is 6.47. The Labute approximate surface area is 205 Å². The van der Waals surface area contributed by atoms with Crippen LogP contribution in [0.1, 0.15) is 29.5 Å². The predicted molar refractivity (Wildman–Crippen MR) is 136 cm³/mol. The van der Waals surface area contributed by atoms with Crippen molar-refractivity contribution in [3.63, 3.8) is 0 Å². The van der Waals surface area contributed by atoms with Gasteiger partial charge in [0.25, 0.3) is 5.89 Å². The molecule has 0 radical (unpaired) electrons. The molecule has 0 bridgehead atoms. The van der Waals surface area contributed by atoms with Gasteiger partial charge in [0.05, 0.1) is 5.56 Å². The fourth-order valence-corrected chi connectivity index (χ4v) is 4.48. The molecule has 7 heteroatoms. The van der Waals surface area contributed by atoms with Crippen LogP contribution in [0.5, 0.6) is 0 Å². The maximum atomic E-state index is 12.8. The first-order valence-electron chi connectivity index (χ1n) is 12.0. The highest BCUT2D eigenvalue weighted by Crippen LogP contribution is 2.32. The first kappa shape index (κ1) is 22.8. The van der Waals surface area contributed by atoms with E-state index in [9.17, 15) is 4.79 Å². The lowest BCUT2D eigenvalue weighted by Gasteiger charge is -2.32. The summed E-state index contributed by atoms with van der Waals surface area (Å²) in [5, 5.41) is 7.28. The van der Waals surface area contributed by atoms with E-state index in [2.05, 4.69) is 44.4 Å². The van der Waals surface area contributed by atoms with Crippen LogP contribution in [0, 0.1) is 19.8 Å². The SMILES string of the molecule is Cc1ccc(-c2noc(-c3cccnc3N3CCC(C(=O)NCc4cccc(C)c4)CC3)n2)cc1. The Balaban J connectivity index is 1.24. The number of aryl methyl sites for hydroxylation is 2. The first-order chi connectivity index (χ1) is 17.1. The van der Waals surface area contributed by atoms with Gasteiger partial charge in [0.2, 0.25) is 11.7 Å². The molecule has 35 heavy (non-hydrogen) atoms. The van der Waals surface area contributed by atoms with Crippen LogP contribution in [0.3, 0.4) is 0 Å². The van der Waals surface area contributed by atoms with Crippen molar-refractivity contribution in [2.24, 2.45) is 5.92 Å². The average molecular weight is 468 g/mol. The number of aromatic nitrogens is 3. The minimum Gasteiger partial charge on any atom is -0.356 e. The number of nitrogens with zero attached hydrogens (tertiary/aromatic N) is 4. The number of nitrogens with one attached hydrogen (secondary N) is 1. The fourth-order valence-electron chi connectivity index (χ4n) is 4.48. The molecule has 3 heterocycles. The quantitative estimate of drug-likeness (QED) is 0.432. The molecule has 0 atom stereocenters. The van der Waals surface area contributed by atoms with Crippen molar-refractivity contribution in [3.05, 3.63) is 83.6 Å². The van der Waals surface area contributed by atoms with Crippen LogP contribution in [0.15, 0.2) is 71.4 Å². The summed E-state index contributed by atoms with van der Waals surface area (Å²) in [7, 11) is 0. The van der Waals surface area contributed by atoms with Crippen molar-refractivity contribution in [2.75, 3.05) is 18.0 Å². The standard InChI is InChI=1S/C28H29N5O2/c1-19-8-10-22(11-9-19)25-31-28(35-32-25)24-7-4-14-29-26(24)33-15-12-23(13-16-33)27(34)30-18-21-6-3-5-20(2)17-21/h3-11,14,17,23H,12-13,15-16,18H2,1-2H3,(H,30,34). The van der Waals surface area contributed by atoms with E-state index in [1.807, 2.05) is 55.5 Å². The van der Waals surface area contributed by atoms with E-state index < -0.39 is 0 Å². The van der Waals surface area contributed by atoms with Crippen LogP contribution in [-0.2, 0) is 11.3 Å². The van der Waals surface area contributed by atoms with E-state index in [1.165, 1.54) is 11.1 Å². The zero-order valence-electron chi connectivity index (χ0n) is 20.1. The summed E-state index contributed by atoms with van der Waals surface area (Å²) in [4.78, 5) is 24.2. The normalized spacial score (nSPS) is 14.2. The van der Waals surface area contributed by atoms with E-state index in [4.69, 9.17) is 4.52 Å². The minimum atomic E-state index is -0.000217. The Bertz CT molecular complexity index is 1310. The molecule has 1 saturated heterocycles. The van der Waals surface area contributed by atoms with E-state index in [1.54, 1.807) is 6.20 Å². The van der Waals surface area contributed by atoms with Crippen molar-refractivity contribution >= 4 is 11.7 Å². The number of benzene rings is 2. The third kappa shape index (κ3) is 5.24. The maximum absolute atomic E-state index is 12.8. The van der Waals surface area contributed by atoms with Gasteiger partial charge in [-0.25, -0.2) is 4.98 Å². The summed E-state index contributed by atoms with van der Waals surface area (Å²) in [5.41, 5.74) is 5.22. The molecule has 7 nitrogen and oxygen atoms in total. The van der Waals surface area contributed by atoms with E-state index in [-0.39, 0.29) is 11.8 Å². The summed E-state index contributed by atoms with van der Waals surface area (Å²) < 4.78 is 5.62. The lowest BCUT2D eigenvalue weighted by atomic mass is 9.95. The number of carbonyl (C=O) groups is 1. The summed E-state index contributed by atoms with van der Waals surface area (Å²) in [5.74, 6) is 1.93. The van der Waals surface area contributed by atoms with Crippen molar-refractivity contribution < 1.29 is 9.32 Å². The lowest BCUT2D eigenvalue weighted by molar-refractivity contribution is -0.125. The first-order valence-corrected chi connectivity index (χ1v) is 12.0. The van der Waals surface area contributed by atoms with E-state index >= 15 is 0 Å². The zero-order chi connectivity index (χ0) is 24.2. The average Bonchev–Trinajstić information content (AvgIpc) is 3.38. The summed E-state index contributed by atoms with van der Waals surface area (Å²) >= 11 is 0. The third-order valence-corrected chi connectivity index (χ3v) is 6.47. The van der Waals surface area contributed by atoms with E-state index in [0.717, 1.165) is 48.4 Å². The molecule has 0 spiro atoms. The topological polar surface area (TPSA) is 84.2 Å². The number of carbonyl (C=O) groups excluding carboxylic acids is 1. The second kappa shape index (κ2) is 10.1. The molecule has 1 N–H and O–H groups in total. The summed E-state index contributed by atoms with van der Waals surface area (Å²) in [6, 6.07) is 20.1. The number of amides is 1. The largest absolute Gasteiger partial charge is 0.356 e. The Morgan fingerprint density at radius 3 is 2.60 bits per heavy atom. The number of hydrogen-bond acceptors (Lipinski definition) is 6. The Hall–Kier alpha value is -4.00. The van der Waals surface area contributed by atoms with Gasteiger partial charge in [0.1, 0.15) is 5.82 Å². The van der Waals surface area contributed by atoms with Crippen molar-refractivity contribution in [1.82, 2.24) is 20.4 Å². The molecule has 2 aromatic heterocycles. The maximum Gasteiger partial charge on any atom is 0.261 e. The smallest absolute Gasteiger partial charge is 0.261 e. The molecular weight excluding hydrogens is 438 g/mol. The highest BCUT2D eigenvalue weighted by Gasteiger charge is 2.27. The monoisotopic (exact) mass is 467 g/mol. The molecular formula is C28H29N5O2. The van der Waals surface area contributed by atoms with Gasteiger partial charge in [-0.3, -0.25) is 4.79 Å². The van der Waals surface area contributed by atoms with Crippen LogP contribution < -0.4 is 10.2 Å². The second-order valence-electron chi connectivity index (χ2n) is 9.13. The van der Waals surface area contributed by atoms with Gasteiger partial charge in [-0.05, 0) is 44.4 Å². The number of rotatable bonds is 6. The molecule has 0 saturated carbocycles. The molecule has 0 unspecified atom stereocenters. The Morgan fingerprint density at radius 2 is 1.83 bits per heavy atom. The molecule has 5 rings (SSSR count). The molecule has 0 aliphatic carbocycles. The molecule has 2 aromatic carbocycles. The number of piperidine rings is 1. The number of anilines is 1. The van der Waals surface area contributed by atoms with Gasteiger partial charge >= 0.3 is 0 Å². The van der Waals surface area contributed by atoms with Crippen LogP contribution in [-0.4, -0.2) is 34.1 Å². The van der Waals surface area contributed by atoms with Crippen LogP contribution in [0.25, 0.3) is 22.8 Å². The second-order valence-corrected chi connectivity index (χ2v) is 9.13. The van der Waals surface area contributed by atoms with Crippen molar-refractivity contribution in [2.45, 2.75) is 33.2 Å². The van der Waals surface area contributed by atoms with Gasteiger partial charge in [0.15, 0.2) is 0 Å². The molecule has 1 amide bonds.